The van der Waals surface area contributed by atoms with E-state index in [1.165, 1.54) is 25.7 Å². The normalized spacial score (nSPS) is 11.6. The van der Waals surface area contributed by atoms with Crippen LogP contribution in [0.4, 0.5) is 0 Å². The highest BCUT2D eigenvalue weighted by Crippen LogP contribution is 2.36. The van der Waals surface area contributed by atoms with Crippen LogP contribution in [0.15, 0.2) is 6.07 Å². The van der Waals surface area contributed by atoms with Gasteiger partial charge in [0.25, 0.3) is 0 Å². The smallest absolute Gasteiger partial charge is 0.310 e. The van der Waals surface area contributed by atoms with Gasteiger partial charge in [0.1, 0.15) is 5.75 Å². The molecule has 0 unspecified atom stereocenters. The Bertz CT molecular complexity index is 568. The average molecular weight is 349 g/mol. The number of esters is 1. The number of rotatable bonds is 9. The van der Waals surface area contributed by atoms with E-state index in [9.17, 15) is 9.90 Å². The van der Waals surface area contributed by atoms with Crippen molar-refractivity contribution >= 4 is 5.97 Å². The van der Waals surface area contributed by atoms with E-state index in [-0.39, 0.29) is 17.8 Å². The van der Waals surface area contributed by atoms with Crippen LogP contribution in [0.2, 0.25) is 0 Å². The first-order chi connectivity index (χ1) is 11.7. The third-order valence-electron chi connectivity index (χ3n) is 4.88. The number of phenols is 1. The van der Waals surface area contributed by atoms with Crippen LogP contribution in [0, 0.1) is 13.8 Å². The maximum Gasteiger partial charge on any atom is 0.310 e. The zero-order valence-corrected chi connectivity index (χ0v) is 17.0. The fourth-order valence-corrected chi connectivity index (χ4v) is 3.00. The Morgan fingerprint density at radius 1 is 1.04 bits per heavy atom. The van der Waals surface area contributed by atoms with Gasteiger partial charge in [0.15, 0.2) is 0 Å². The molecule has 0 aliphatic carbocycles. The van der Waals surface area contributed by atoms with Gasteiger partial charge in [0.05, 0.1) is 13.0 Å². The molecule has 1 aromatic rings. The van der Waals surface area contributed by atoms with Crippen LogP contribution in [-0.4, -0.2) is 17.7 Å². The van der Waals surface area contributed by atoms with Crippen LogP contribution in [0.25, 0.3) is 0 Å². The van der Waals surface area contributed by atoms with Gasteiger partial charge in [-0.3, -0.25) is 4.79 Å². The summed E-state index contributed by atoms with van der Waals surface area (Å²) < 4.78 is 5.40. The lowest BCUT2D eigenvalue weighted by Gasteiger charge is -2.24. The van der Waals surface area contributed by atoms with Crippen molar-refractivity contribution in [1.82, 2.24) is 0 Å². The Morgan fingerprint density at radius 2 is 1.64 bits per heavy atom. The van der Waals surface area contributed by atoms with Gasteiger partial charge in [-0.1, -0.05) is 65.9 Å². The van der Waals surface area contributed by atoms with E-state index in [2.05, 4.69) is 27.7 Å². The molecule has 1 rings (SSSR count). The minimum atomic E-state index is -0.179. The molecule has 0 spiro atoms. The van der Waals surface area contributed by atoms with Crippen LogP contribution in [0.1, 0.15) is 88.5 Å². The summed E-state index contributed by atoms with van der Waals surface area (Å²) in [4.78, 5) is 12.2. The maximum absolute atomic E-state index is 12.2. The minimum absolute atomic E-state index is 0.167. The third kappa shape index (κ3) is 6.72. The molecule has 142 valence electrons. The molecule has 0 heterocycles. The standard InChI is InChI=1S/C22H36O3/c1-7-8-9-10-11-12-13-25-20(23)15-18-14-19(22(4,5)6)21(24)17(3)16(18)2/h14,24H,7-13,15H2,1-6H3. The monoisotopic (exact) mass is 348 g/mol. The summed E-state index contributed by atoms with van der Waals surface area (Å²) in [5, 5.41) is 10.4. The van der Waals surface area contributed by atoms with Crippen molar-refractivity contribution in [3.8, 4) is 5.75 Å². The van der Waals surface area contributed by atoms with Gasteiger partial charge in [0.2, 0.25) is 0 Å². The van der Waals surface area contributed by atoms with Crippen molar-refractivity contribution < 1.29 is 14.6 Å². The predicted molar refractivity (Wildman–Crippen MR) is 104 cm³/mol. The van der Waals surface area contributed by atoms with Gasteiger partial charge >= 0.3 is 5.97 Å². The highest BCUT2D eigenvalue weighted by atomic mass is 16.5. The molecule has 0 atom stereocenters. The van der Waals surface area contributed by atoms with Gasteiger partial charge in [-0.25, -0.2) is 0 Å². The molecular formula is C22H36O3. The lowest BCUT2D eigenvalue weighted by Crippen LogP contribution is -2.15. The number of phenolic OH excluding ortho intramolecular Hbond substituents is 1. The molecule has 0 fully saturated rings. The molecule has 1 aromatic carbocycles. The number of carbonyl (C=O) groups is 1. The highest BCUT2D eigenvalue weighted by molar-refractivity contribution is 5.74. The summed E-state index contributed by atoms with van der Waals surface area (Å²) in [5.74, 6) is 0.163. The number of unbranched alkanes of at least 4 members (excludes halogenated alkanes) is 5. The molecule has 0 bridgehead atoms. The average Bonchev–Trinajstić information content (AvgIpc) is 2.53. The SMILES string of the molecule is CCCCCCCCOC(=O)Cc1cc(C(C)(C)C)c(O)c(C)c1C. The summed E-state index contributed by atoms with van der Waals surface area (Å²) in [6.45, 7) is 12.8. The molecule has 1 N–H and O–H groups in total. The van der Waals surface area contributed by atoms with E-state index in [0.29, 0.717) is 12.4 Å². The Morgan fingerprint density at radius 3 is 2.24 bits per heavy atom. The Kier molecular flexibility index (Phi) is 8.47. The number of hydrogen-bond acceptors (Lipinski definition) is 3. The fraction of sp³-hybridized carbons (Fsp3) is 0.682. The summed E-state index contributed by atoms with van der Waals surface area (Å²) >= 11 is 0. The van der Waals surface area contributed by atoms with Crippen molar-refractivity contribution in [2.75, 3.05) is 6.61 Å². The van der Waals surface area contributed by atoms with Crippen LogP contribution < -0.4 is 0 Å². The number of aromatic hydroxyl groups is 1. The van der Waals surface area contributed by atoms with E-state index in [1.807, 2.05) is 19.9 Å². The van der Waals surface area contributed by atoms with Crippen molar-refractivity contribution in [2.45, 2.75) is 91.9 Å². The third-order valence-corrected chi connectivity index (χ3v) is 4.88. The predicted octanol–water partition coefficient (Wildman–Crippen LogP) is 5.75. The highest BCUT2D eigenvalue weighted by Gasteiger charge is 2.22. The molecule has 0 radical (unpaired) electrons. The topological polar surface area (TPSA) is 46.5 Å². The first-order valence-electron chi connectivity index (χ1n) is 9.66. The van der Waals surface area contributed by atoms with Crippen molar-refractivity contribution in [3.63, 3.8) is 0 Å². The van der Waals surface area contributed by atoms with Crippen molar-refractivity contribution in [2.24, 2.45) is 0 Å². The molecule has 3 nitrogen and oxygen atoms in total. The van der Waals surface area contributed by atoms with Gasteiger partial charge in [-0.2, -0.15) is 0 Å². The second-order valence-electron chi connectivity index (χ2n) is 8.10. The number of carbonyl (C=O) groups excluding carboxylic acids is 1. The molecule has 0 aromatic heterocycles. The lowest BCUT2D eigenvalue weighted by atomic mass is 9.82. The molecular weight excluding hydrogens is 312 g/mol. The summed E-state index contributed by atoms with van der Waals surface area (Å²) in [6, 6.07) is 1.96. The molecule has 0 aliphatic heterocycles. The fourth-order valence-electron chi connectivity index (χ4n) is 3.00. The van der Waals surface area contributed by atoms with E-state index in [0.717, 1.165) is 35.1 Å². The molecule has 0 saturated carbocycles. The van der Waals surface area contributed by atoms with Gasteiger partial charge in [-0.05, 0) is 47.9 Å². The van der Waals surface area contributed by atoms with Crippen LogP contribution in [-0.2, 0) is 21.4 Å². The lowest BCUT2D eigenvalue weighted by molar-refractivity contribution is -0.142. The zero-order chi connectivity index (χ0) is 19.0. The molecule has 25 heavy (non-hydrogen) atoms. The first-order valence-corrected chi connectivity index (χ1v) is 9.66. The van der Waals surface area contributed by atoms with Crippen LogP contribution >= 0.6 is 0 Å². The quantitative estimate of drug-likeness (QED) is 0.456. The number of benzene rings is 1. The summed E-state index contributed by atoms with van der Waals surface area (Å²) in [7, 11) is 0. The van der Waals surface area contributed by atoms with E-state index in [4.69, 9.17) is 4.74 Å². The van der Waals surface area contributed by atoms with Gasteiger partial charge < -0.3 is 9.84 Å². The maximum atomic E-state index is 12.2. The summed E-state index contributed by atoms with van der Waals surface area (Å²) in [6.07, 6.45) is 7.36. The Hall–Kier alpha value is -1.51. The van der Waals surface area contributed by atoms with Crippen molar-refractivity contribution in [3.05, 3.63) is 28.3 Å². The number of ether oxygens (including phenoxy) is 1. The van der Waals surface area contributed by atoms with Gasteiger partial charge in [0, 0.05) is 0 Å². The second kappa shape index (κ2) is 9.84. The Labute approximate surface area is 153 Å². The molecule has 3 heteroatoms. The van der Waals surface area contributed by atoms with E-state index < -0.39 is 0 Å². The van der Waals surface area contributed by atoms with Gasteiger partial charge in [-0.15, -0.1) is 0 Å². The summed E-state index contributed by atoms with van der Waals surface area (Å²) in [5.41, 5.74) is 3.50. The van der Waals surface area contributed by atoms with Crippen LogP contribution in [0.5, 0.6) is 5.75 Å². The first kappa shape index (κ1) is 21.5. The largest absolute Gasteiger partial charge is 0.507 e. The minimum Gasteiger partial charge on any atom is -0.507 e. The van der Waals surface area contributed by atoms with E-state index >= 15 is 0 Å². The van der Waals surface area contributed by atoms with Crippen molar-refractivity contribution in [1.29, 1.82) is 0 Å². The zero-order valence-electron chi connectivity index (χ0n) is 17.0. The Balaban J connectivity index is 2.61. The van der Waals surface area contributed by atoms with Crippen LogP contribution in [0.3, 0.4) is 0 Å². The molecule has 0 amide bonds. The van der Waals surface area contributed by atoms with E-state index in [1.54, 1.807) is 0 Å². The number of hydrogen-bond donors (Lipinski definition) is 1. The molecule has 0 aliphatic rings. The molecule has 0 saturated heterocycles. The second-order valence-corrected chi connectivity index (χ2v) is 8.10.